The normalized spacial score (nSPS) is 17.0. The Labute approximate surface area is 140 Å². The third-order valence-electron chi connectivity index (χ3n) is 3.92. The average Bonchev–Trinajstić information content (AvgIpc) is 3.06. The zero-order valence-corrected chi connectivity index (χ0v) is 13.5. The highest BCUT2D eigenvalue weighted by Crippen LogP contribution is 2.26. The molecule has 0 saturated carbocycles. The minimum absolute atomic E-state index is 0.338. The lowest BCUT2D eigenvalue weighted by molar-refractivity contribution is -0.138. The van der Waals surface area contributed by atoms with Crippen molar-refractivity contribution < 1.29 is 14.6 Å². The van der Waals surface area contributed by atoms with Gasteiger partial charge < -0.3 is 20.1 Å². The summed E-state index contributed by atoms with van der Waals surface area (Å²) in [5.41, 5.74) is 1.58. The molecule has 1 fully saturated rings. The number of carboxylic acids is 1. The molecule has 2 heterocycles. The first kappa shape index (κ1) is 16.2. The summed E-state index contributed by atoms with van der Waals surface area (Å²) in [7, 11) is 1.60. The summed E-state index contributed by atoms with van der Waals surface area (Å²) in [5.74, 6) is 0.221. The summed E-state index contributed by atoms with van der Waals surface area (Å²) in [5, 5.41) is 12.6. The van der Waals surface area contributed by atoms with E-state index in [-0.39, 0.29) is 0 Å². The van der Waals surface area contributed by atoms with Crippen LogP contribution in [-0.2, 0) is 16.1 Å². The molecular weight excluding hydrogens is 308 g/mol. The molecule has 1 aliphatic rings. The Kier molecular flexibility index (Phi) is 4.90. The number of rotatable bonds is 6. The molecular formula is C17H20N4O3. The number of benzene rings is 1. The van der Waals surface area contributed by atoms with E-state index >= 15 is 0 Å². The quantitative estimate of drug-likeness (QED) is 0.842. The van der Waals surface area contributed by atoms with Gasteiger partial charge in [-0.25, -0.2) is 9.78 Å². The van der Waals surface area contributed by atoms with Crippen LogP contribution >= 0.6 is 0 Å². The Bertz CT molecular complexity index is 708. The third-order valence-corrected chi connectivity index (χ3v) is 3.92. The predicted molar refractivity (Wildman–Crippen MR) is 90.5 cm³/mol. The standard InChI is InChI=1S/C17H20N4O3/c1-24-11-13-10-15(21-9-5-8-14(21)16(22)23)20-17(19-13)18-12-6-3-2-4-7-12/h2-4,6-7,10,14H,5,8-9,11H2,1H3,(H,22,23)(H,18,19,20). The second-order valence-corrected chi connectivity index (χ2v) is 5.65. The van der Waals surface area contributed by atoms with Crippen LogP contribution in [0.25, 0.3) is 0 Å². The molecule has 2 N–H and O–H groups in total. The van der Waals surface area contributed by atoms with Gasteiger partial charge in [-0.05, 0) is 25.0 Å². The Morgan fingerprint density at radius 2 is 2.17 bits per heavy atom. The maximum atomic E-state index is 11.4. The molecule has 24 heavy (non-hydrogen) atoms. The molecule has 1 aromatic heterocycles. The maximum absolute atomic E-state index is 11.4. The first-order chi connectivity index (χ1) is 11.7. The van der Waals surface area contributed by atoms with Gasteiger partial charge in [0.1, 0.15) is 11.9 Å². The van der Waals surface area contributed by atoms with Crippen LogP contribution in [0.15, 0.2) is 36.4 Å². The molecule has 0 aliphatic carbocycles. The van der Waals surface area contributed by atoms with Crippen LogP contribution < -0.4 is 10.2 Å². The Morgan fingerprint density at radius 3 is 2.88 bits per heavy atom. The van der Waals surface area contributed by atoms with E-state index in [1.807, 2.05) is 35.2 Å². The van der Waals surface area contributed by atoms with E-state index in [0.717, 1.165) is 12.1 Å². The van der Waals surface area contributed by atoms with E-state index in [1.54, 1.807) is 13.2 Å². The van der Waals surface area contributed by atoms with Gasteiger partial charge in [0, 0.05) is 25.4 Å². The van der Waals surface area contributed by atoms with E-state index in [9.17, 15) is 9.90 Å². The van der Waals surface area contributed by atoms with Crippen molar-refractivity contribution >= 4 is 23.4 Å². The fourth-order valence-corrected chi connectivity index (χ4v) is 2.86. The van der Waals surface area contributed by atoms with Gasteiger partial charge >= 0.3 is 5.97 Å². The molecule has 126 valence electrons. The number of nitrogens with zero attached hydrogens (tertiary/aromatic N) is 3. The van der Waals surface area contributed by atoms with Crippen LogP contribution in [0.4, 0.5) is 17.5 Å². The molecule has 0 radical (unpaired) electrons. The number of para-hydroxylation sites is 1. The van der Waals surface area contributed by atoms with Gasteiger partial charge in [0.25, 0.3) is 0 Å². The van der Waals surface area contributed by atoms with Crippen molar-refractivity contribution in [2.75, 3.05) is 23.9 Å². The number of hydrogen-bond donors (Lipinski definition) is 2. The Hall–Kier alpha value is -2.67. The zero-order valence-electron chi connectivity index (χ0n) is 13.5. The molecule has 1 aliphatic heterocycles. The lowest BCUT2D eigenvalue weighted by Gasteiger charge is -2.23. The predicted octanol–water partition coefficient (Wildman–Crippen LogP) is 2.42. The first-order valence-electron chi connectivity index (χ1n) is 7.86. The van der Waals surface area contributed by atoms with Crippen LogP contribution in [0.5, 0.6) is 0 Å². The van der Waals surface area contributed by atoms with Crippen molar-refractivity contribution in [3.8, 4) is 0 Å². The van der Waals surface area contributed by atoms with Gasteiger partial charge in [-0.1, -0.05) is 18.2 Å². The van der Waals surface area contributed by atoms with Crippen LogP contribution in [0.3, 0.4) is 0 Å². The summed E-state index contributed by atoms with van der Waals surface area (Å²) >= 11 is 0. The molecule has 7 nitrogen and oxygen atoms in total. The highest BCUT2D eigenvalue weighted by molar-refractivity contribution is 5.78. The SMILES string of the molecule is COCc1cc(N2CCCC2C(=O)O)nc(Nc2ccccc2)n1. The summed E-state index contributed by atoms with van der Waals surface area (Å²) in [4.78, 5) is 22.2. The van der Waals surface area contributed by atoms with Crippen LogP contribution in [0.1, 0.15) is 18.5 Å². The van der Waals surface area contributed by atoms with Crippen molar-refractivity contribution in [1.82, 2.24) is 9.97 Å². The molecule has 1 atom stereocenters. The van der Waals surface area contributed by atoms with Gasteiger partial charge in [-0.15, -0.1) is 0 Å². The second kappa shape index (κ2) is 7.27. The van der Waals surface area contributed by atoms with Crippen molar-refractivity contribution in [3.63, 3.8) is 0 Å². The monoisotopic (exact) mass is 328 g/mol. The summed E-state index contributed by atoms with van der Waals surface area (Å²) in [6, 6.07) is 10.9. The minimum atomic E-state index is -0.822. The number of carboxylic acid groups (broad SMARTS) is 1. The Morgan fingerprint density at radius 1 is 1.38 bits per heavy atom. The van der Waals surface area contributed by atoms with E-state index in [0.29, 0.717) is 37.0 Å². The number of methoxy groups -OCH3 is 1. The van der Waals surface area contributed by atoms with Gasteiger partial charge in [0.2, 0.25) is 5.95 Å². The van der Waals surface area contributed by atoms with E-state index in [1.165, 1.54) is 0 Å². The van der Waals surface area contributed by atoms with E-state index in [2.05, 4.69) is 15.3 Å². The summed E-state index contributed by atoms with van der Waals surface area (Å²) < 4.78 is 5.17. The fourth-order valence-electron chi connectivity index (χ4n) is 2.86. The number of ether oxygens (including phenoxy) is 1. The number of nitrogens with one attached hydrogen (secondary N) is 1. The Balaban J connectivity index is 1.92. The smallest absolute Gasteiger partial charge is 0.326 e. The topological polar surface area (TPSA) is 87.6 Å². The number of aliphatic carboxylic acids is 1. The van der Waals surface area contributed by atoms with E-state index < -0.39 is 12.0 Å². The highest BCUT2D eigenvalue weighted by atomic mass is 16.5. The van der Waals surface area contributed by atoms with Crippen molar-refractivity contribution in [1.29, 1.82) is 0 Å². The van der Waals surface area contributed by atoms with E-state index in [4.69, 9.17) is 4.74 Å². The molecule has 1 aromatic carbocycles. The lowest BCUT2D eigenvalue weighted by Crippen LogP contribution is -2.36. The highest BCUT2D eigenvalue weighted by Gasteiger charge is 2.31. The van der Waals surface area contributed by atoms with Crippen LogP contribution in [0, 0.1) is 0 Å². The number of aromatic nitrogens is 2. The number of carbonyl (C=O) groups is 1. The van der Waals surface area contributed by atoms with Gasteiger partial charge in [0.05, 0.1) is 12.3 Å². The molecule has 2 aromatic rings. The molecule has 7 heteroatoms. The molecule has 1 saturated heterocycles. The van der Waals surface area contributed by atoms with Crippen molar-refractivity contribution in [2.45, 2.75) is 25.5 Å². The third kappa shape index (κ3) is 3.62. The first-order valence-corrected chi connectivity index (χ1v) is 7.86. The zero-order chi connectivity index (χ0) is 16.9. The number of hydrogen-bond acceptors (Lipinski definition) is 6. The largest absolute Gasteiger partial charge is 0.480 e. The molecule has 0 bridgehead atoms. The fraction of sp³-hybridized carbons (Fsp3) is 0.353. The molecule has 0 amide bonds. The average molecular weight is 328 g/mol. The second-order valence-electron chi connectivity index (χ2n) is 5.65. The maximum Gasteiger partial charge on any atom is 0.326 e. The lowest BCUT2D eigenvalue weighted by atomic mass is 10.2. The van der Waals surface area contributed by atoms with Gasteiger partial charge in [0.15, 0.2) is 0 Å². The molecule has 3 rings (SSSR count). The summed E-state index contributed by atoms with van der Waals surface area (Å²) in [6.07, 6.45) is 1.46. The molecule has 1 unspecified atom stereocenters. The van der Waals surface area contributed by atoms with Crippen molar-refractivity contribution in [2.24, 2.45) is 0 Å². The molecule has 0 spiro atoms. The van der Waals surface area contributed by atoms with Crippen LogP contribution in [0.2, 0.25) is 0 Å². The summed E-state index contributed by atoms with van der Waals surface area (Å²) in [6.45, 7) is 1.01. The minimum Gasteiger partial charge on any atom is -0.480 e. The number of anilines is 3. The van der Waals surface area contributed by atoms with Crippen molar-refractivity contribution in [3.05, 3.63) is 42.1 Å². The van der Waals surface area contributed by atoms with Crippen LogP contribution in [-0.4, -0.2) is 40.7 Å². The van der Waals surface area contributed by atoms with Gasteiger partial charge in [-0.3, -0.25) is 0 Å². The van der Waals surface area contributed by atoms with Gasteiger partial charge in [-0.2, -0.15) is 4.98 Å².